The van der Waals surface area contributed by atoms with Gasteiger partial charge in [0, 0.05) is 12.1 Å². The predicted octanol–water partition coefficient (Wildman–Crippen LogP) is 0.626. The van der Waals surface area contributed by atoms with Gasteiger partial charge in [-0.25, -0.2) is 0 Å². The summed E-state index contributed by atoms with van der Waals surface area (Å²) in [5, 5.41) is 7.61. The van der Waals surface area contributed by atoms with Crippen LogP contribution in [0.3, 0.4) is 0 Å². The van der Waals surface area contributed by atoms with Gasteiger partial charge in [-0.05, 0) is 11.6 Å². The Hall–Kier alpha value is -1.60. The summed E-state index contributed by atoms with van der Waals surface area (Å²) in [6.45, 7) is 0. The molecule has 60 valence electrons. The molecule has 0 aromatic carbocycles. The molecule has 0 aliphatic carbocycles. The number of pyridine rings is 1. The maximum Gasteiger partial charge on any atom is 0.268 e. The molecular weight excluding hydrogens is 180 g/mol. The molecule has 0 saturated heterocycles. The van der Waals surface area contributed by atoms with Crippen LogP contribution in [-0.4, -0.2) is 10.2 Å². The summed E-state index contributed by atoms with van der Waals surface area (Å²) in [4.78, 5) is 23.7. The Morgan fingerprint density at radius 2 is 2.25 bits per heavy atom. The Labute approximate surface area is 72.4 Å². The number of halogens is 1. The standard InChI is InChI=1S/C7H3ClN2O2/c8-7(12)6-2-5(11)1-4(3-9)10-6/h1-2H,(H,10,11). The fourth-order valence-electron chi connectivity index (χ4n) is 0.710. The molecule has 1 aromatic heterocycles. The summed E-state index contributed by atoms with van der Waals surface area (Å²) in [5.41, 5.74) is -0.471. The van der Waals surface area contributed by atoms with Crippen LogP contribution in [-0.2, 0) is 0 Å². The van der Waals surface area contributed by atoms with Crippen LogP contribution in [0.5, 0.6) is 0 Å². The number of hydrogen-bond donors (Lipinski definition) is 1. The van der Waals surface area contributed by atoms with Gasteiger partial charge in [0.2, 0.25) is 0 Å². The molecule has 0 bridgehead atoms. The number of aromatic nitrogens is 1. The van der Waals surface area contributed by atoms with Gasteiger partial charge in [-0.1, -0.05) is 0 Å². The molecule has 1 rings (SSSR count). The number of carbonyl (C=O) groups is 1. The highest BCUT2D eigenvalue weighted by molar-refractivity contribution is 6.67. The van der Waals surface area contributed by atoms with E-state index in [1.54, 1.807) is 6.07 Å². The van der Waals surface area contributed by atoms with Crippen molar-refractivity contribution in [2.45, 2.75) is 0 Å². The first-order chi connectivity index (χ1) is 5.63. The summed E-state index contributed by atoms with van der Waals surface area (Å²) in [6, 6.07) is 3.82. The van der Waals surface area contributed by atoms with E-state index in [-0.39, 0.29) is 11.4 Å². The lowest BCUT2D eigenvalue weighted by molar-refractivity contribution is 0.107. The highest BCUT2D eigenvalue weighted by Gasteiger charge is 2.03. The molecule has 0 aliphatic rings. The molecule has 0 aliphatic heterocycles. The quantitative estimate of drug-likeness (QED) is 0.648. The molecule has 12 heavy (non-hydrogen) atoms. The summed E-state index contributed by atoms with van der Waals surface area (Å²) in [7, 11) is 0. The second kappa shape index (κ2) is 3.20. The summed E-state index contributed by atoms with van der Waals surface area (Å²) >= 11 is 5.09. The Kier molecular flexibility index (Phi) is 2.26. The highest BCUT2D eigenvalue weighted by Crippen LogP contribution is 1.97. The zero-order valence-corrected chi connectivity index (χ0v) is 6.55. The summed E-state index contributed by atoms with van der Waals surface area (Å²) < 4.78 is 0. The molecule has 0 unspecified atom stereocenters. The van der Waals surface area contributed by atoms with E-state index in [0.717, 1.165) is 12.1 Å². The first-order valence-electron chi connectivity index (χ1n) is 2.98. The van der Waals surface area contributed by atoms with E-state index in [9.17, 15) is 9.59 Å². The topological polar surface area (TPSA) is 73.7 Å². The van der Waals surface area contributed by atoms with Crippen molar-refractivity contribution < 1.29 is 4.79 Å². The van der Waals surface area contributed by atoms with Crippen molar-refractivity contribution in [1.82, 2.24) is 4.98 Å². The van der Waals surface area contributed by atoms with Crippen molar-refractivity contribution in [1.29, 1.82) is 5.26 Å². The van der Waals surface area contributed by atoms with Crippen molar-refractivity contribution in [3.8, 4) is 6.07 Å². The molecular formula is C7H3ClN2O2. The number of nitriles is 1. The van der Waals surface area contributed by atoms with Crippen molar-refractivity contribution >= 4 is 16.8 Å². The van der Waals surface area contributed by atoms with Gasteiger partial charge in [-0.3, -0.25) is 9.59 Å². The molecule has 1 heterocycles. The Morgan fingerprint density at radius 1 is 1.58 bits per heavy atom. The van der Waals surface area contributed by atoms with Gasteiger partial charge >= 0.3 is 0 Å². The largest absolute Gasteiger partial charge is 0.343 e. The lowest BCUT2D eigenvalue weighted by Crippen LogP contribution is -2.06. The van der Waals surface area contributed by atoms with Crippen molar-refractivity contribution in [3.63, 3.8) is 0 Å². The third kappa shape index (κ3) is 1.71. The smallest absolute Gasteiger partial charge is 0.268 e. The van der Waals surface area contributed by atoms with Crippen LogP contribution < -0.4 is 5.43 Å². The van der Waals surface area contributed by atoms with E-state index in [1.165, 1.54) is 0 Å². The van der Waals surface area contributed by atoms with E-state index in [2.05, 4.69) is 4.98 Å². The predicted molar refractivity (Wildman–Crippen MR) is 42.0 cm³/mol. The van der Waals surface area contributed by atoms with Crippen molar-refractivity contribution in [3.05, 3.63) is 33.7 Å². The SMILES string of the molecule is N#Cc1cc(=O)cc(C(=O)Cl)[nH]1. The molecule has 0 spiro atoms. The molecule has 0 radical (unpaired) electrons. The normalized spacial score (nSPS) is 9.00. The Balaban J connectivity index is 3.36. The van der Waals surface area contributed by atoms with E-state index in [4.69, 9.17) is 16.9 Å². The fraction of sp³-hybridized carbons (Fsp3) is 0. The minimum atomic E-state index is -0.788. The van der Waals surface area contributed by atoms with E-state index < -0.39 is 10.7 Å². The van der Waals surface area contributed by atoms with E-state index in [1.807, 2.05) is 0 Å². The monoisotopic (exact) mass is 182 g/mol. The lowest BCUT2D eigenvalue weighted by atomic mass is 10.3. The molecule has 5 heteroatoms. The number of rotatable bonds is 1. The van der Waals surface area contributed by atoms with Crippen LogP contribution in [0.25, 0.3) is 0 Å². The Morgan fingerprint density at radius 3 is 2.75 bits per heavy atom. The maximum atomic E-state index is 10.8. The molecule has 0 amide bonds. The third-order valence-electron chi connectivity index (χ3n) is 1.17. The van der Waals surface area contributed by atoms with Gasteiger partial charge in [0.25, 0.3) is 5.24 Å². The van der Waals surface area contributed by atoms with Crippen LogP contribution in [0.15, 0.2) is 16.9 Å². The number of H-pyrrole nitrogens is 1. The molecule has 1 aromatic rings. The number of nitrogens with one attached hydrogen (secondary N) is 1. The van der Waals surface area contributed by atoms with Gasteiger partial charge in [-0.15, -0.1) is 0 Å². The van der Waals surface area contributed by atoms with Crippen LogP contribution in [0.2, 0.25) is 0 Å². The maximum absolute atomic E-state index is 10.8. The van der Waals surface area contributed by atoms with Gasteiger partial charge < -0.3 is 4.98 Å². The van der Waals surface area contributed by atoms with E-state index >= 15 is 0 Å². The van der Waals surface area contributed by atoms with Crippen LogP contribution in [0.1, 0.15) is 16.2 Å². The number of hydrogen-bond acceptors (Lipinski definition) is 3. The van der Waals surface area contributed by atoms with Crippen LogP contribution in [0, 0.1) is 11.3 Å². The zero-order chi connectivity index (χ0) is 9.14. The second-order valence-electron chi connectivity index (χ2n) is 2.03. The average molecular weight is 183 g/mol. The number of carbonyl (C=O) groups excluding carboxylic acids is 1. The summed E-state index contributed by atoms with van der Waals surface area (Å²) in [6.07, 6.45) is 0. The molecule has 1 N–H and O–H groups in total. The van der Waals surface area contributed by atoms with E-state index in [0.29, 0.717) is 0 Å². The first kappa shape index (κ1) is 8.50. The fourth-order valence-corrected chi connectivity index (χ4v) is 0.811. The molecule has 0 fully saturated rings. The molecule has 0 saturated carbocycles. The zero-order valence-electron chi connectivity index (χ0n) is 5.80. The minimum absolute atomic E-state index is 0.0199. The van der Waals surface area contributed by atoms with Gasteiger partial charge in [0.15, 0.2) is 5.43 Å². The number of nitrogens with zero attached hydrogens (tertiary/aromatic N) is 1. The third-order valence-corrected chi connectivity index (χ3v) is 1.38. The lowest BCUT2D eigenvalue weighted by Gasteiger charge is -1.93. The van der Waals surface area contributed by atoms with Crippen LogP contribution >= 0.6 is 11.6 Å². The van der Waals surface area contributed by atoms with Gasteiger partial charge in [0.05, 0.1) is 0 Å². The summed E-state index contributed by atoms with van der Waals surface area (Å²) in [5.74, 6) is 0. The highest BCUT2D eigenvalue weighted by atomic mass is 35.5. The van der Waals surface area contributed by atoms with Gasteiger partial charge in [-0.2, -0.15) is 5.26 Å². The average Bonchev–Trinajstić information content (AvgIpc) is 2.03. The molecule has 0 atom stereocenters. The van der Waals surface area contributed by atoms with Crippen LogP contribution in [0.4, 0.5) is 0 Å². The molecule has 4 nitrogen and oxygen atoms in total. The van der Waals surface area contributed by atoms with Crippen molar-refractivity contribution in [2.75, 3.05) is 0 Å². The number of aromatic amines is 1. The second-order valence-corrected chi connectivity index (χ2v) is 2.37. The van der Waals surface area contributed by atoms with Crippen molar-refractivity contribution in [2.24, 2.45) is 0 Å². The Bertz CT molecular complexity index is 416. The minimum Gasteiger partial charge on any atom is -0.343 e. The van der Waals surface area contributed by atoms with Gasteiger partial charge in [0.1, 0.15) is 17.5 Å². The first-order valence-corrected chi connectivity index (χ1v) is 3.35.